The molecular weight excluding hydrogens is 680 g/mol. The molecule has 13 heteroatoms. The van der Waals surface area contributed by atoms with Gasteiger partial charge in [0.25, 0.3) is 5.92 Å². The number of ether oxygens (including phenoxy) is 3. The van der Waals surface area contributed by atoms with E-state index in [4.69, 9.17) is 14.2 Å². The van der Waals surface area contributed by atoms with Crippen molar-refractivity contribution < 1.29 is 41.0 Å². The number of unbranched alkanes of at least 4 members (excludes halogenated alkanes) is 1. The van der Waals surface area contributed by atoms with Crippen LogP contribution in [-0.2, 0) is 25.5 Å². The number of alkyl halides is 2. The van der Waals surface area contributed by atoms with Crippen LogP contribution in [0, 0.1) is 0 Å². The van der Waals surface area contributed by atoms with Gasteiger partial charge in [0.15, 0.2) is 6.04 Å². The molecule has 1 unspecified atom stereocenters. The van der Waals surface area contributed by atoms with E-state index in [0.717, 1.165) is 56.0 Å². The monoisotopic (exact) mass is 729 g/mol. The SMILES string of the molecule is CCCCOc1cccc(C(F)(F)C(NS(=O)(=O)c2ccc3cc(OC4CCCC4)ccc3c2)C(=O)N2CCC(NC(=O)OC(C)(C)C)CC2)c1. The van der Waals surface area contributed by atoms with Crippen molar-refractivity contribution in [3.05, 3.63) is 66.2 Å². The molecule has 2 amide bonds. The van der Waals surface area contributed by atoms with E-state index >= 15 is 8.78 Å². The van der Waals surface area contributed by atoms with Crippen LogP contribution in [0.15, 0.2) is 65.6 Å². The summed E-state index contributed by atoms with van der Waals surface area (Å²) in [5.41, 5.74) is -1.26. The van der Waals surface area contributed by atoms with Crippen LogP contribution in [0.3, 0.4) is 0 Å². The minimum Gasteiger partial charge on any atom is -0.494 e. The van der Waals surface area contributed by atoms with Crippen molar-refractivity contribution >= 4 is 32.8 Å². The van der Waals surface area contributed by atoms with Crippen LogP contribution < -0.4 is 19.5 Å². The average Bonchev–Trinajstić information content (AvgIpc) is 3.59. The second-order valence-electron chi connectivity index (χ2n) is 14.3. The van der Waals surface area contributed by atoms with E-state index in [1.165, 1.54) is 29.2 Å². The molecule has 2 N–H and O–H groups in total. The Morgan fingerprint density at radius 1 is 0.922 bits per heavy atom. The molecule has 1 aliphatic heterocycles. The number of rotatable bonds is 13. The minimum absolute atomic E-state index is 0.0228. The van der Waals surface area contributed by atoms with E-state index in [9.17, 15) is 18.0 Å². The second-order valence-corrected chi connectivity index (χ2v) is 16.1. The quantitative estimate of drug-likeness (QED) is 0.177. The molecule has 0 radical (unpaired) electrons. The van der Waals surface area contributed by atoms with Gasteiger partial charge in [-0.05, 0) is 113 Å². The summed E-state index contributed by atoms with van der Waals surface area (Å²) in [6, 6.07) is 12.1. The molecule has 0 spiro atoms. The van der Waals surface area contributed by atoms with Crippen LogP contribution in [0.2, 0.25) is 0 Å². The summed E-state index contributed by atoms with van der Waals surface area (Å²) < 4.78 is 80.0. The van der Waals surface area contributed by atoms with Gasteiger partial charge in [0.05, 0.1) is 17.6 Å². The summed E-state index contributed by atoms with van der Waals surface area (Å²) in [6.45, 7) is 7.56. The van der Waals surface area contributed by atoms with Crippen molar-refractivity contribution in [3.8, 4) is 11.5 Å². The summed E-state index contributed by atoms with van der Waals surface area (Å²) in [5, 5.41) is 4.06. The van der Waals surface area contributed by atoms with E-state index in [0.29, 0.717) is 17.7 Å². The van der Waals surface area contributed by atoms with Crippen LogP contribution in [0.4, 0.5) is 13.6 Å². The molecule has 3 aromatic rings. The predicted molar refractivity (Wildman–Crippen MR) is 191 cm³/mol. The van der Waals surface area contributed by atoms with Crippen LogP contribution in [0.5, 0.6) is 11.5 Å². The Hall–Kier alpha value is -3.97. The third-order valence-electron chi connectivity index (χ3n) is 9.09. The first-order chi connectivity index (χ1) is 24.1. The van der Waals surface area contributed by atoms with Crippen LogP contribution in [-0.4, -0.2) is 68.8 Å². The summed E-state index contributed by atoms with van der Waals surface area (Å²) in [5.74, 6) is -4.18. The number of carbonyl (C=O) groups is 2. The number of sulfonamides is 1. The summed E-state index contributed by atoms with van der Waals surface area (Å²) in [7, 11) is -4.64. The van der Waals surface area contributed by atoms with Crippen molar-refractivity contribution in [1.82, 2.24) is 14.9 Å². The number of carbonyl (C=O) groups excluding carboxylic acids is 2. The number of nitrogens with zero attached hydrogens (tertiary/aromatic N) is 1. The number of piperidine rings is 1. The molecule has 1 atom stereocenters. The zero-order chi connectivity index (χ0) is 36.8. The van der Waals surface area contributed by atoms with Gasteiger partial charge in [-0.15, -0.1) is 0 Å². The lowest BCUT2D eigenvalue weighted by atomic mass is 9.98. The summed E-state index contributed by atoms with van der Waals surface area (Å²) in [6.07, 6.45) is 5.88. The highest BCUT2D eigenvalue weighted by Gasteiger charge is 2.50. The van der Waals surface area contributed by atoms with Gasteiger partial charge in [0.1, 0.15) is 17.1 Å². The van der Waals surface area contributed by atoms with Gasteiger partial charge < -0.3 is 24.4 Å². The second kappa shape index (κ2) is 16.1. The van der Waals surface area contributed by atoms with Gasteiger partial charge in [-0.25, -0.2) is 13.2 Å². The first-order valence-electron chi connectivity index (χ1n) is 17.8. The molecule has 0 aromatic heterocycles. The zero-order valence-electron chi connectivity index (χ0n) is 29.8. The van der Waals surface area contributed by atoms with E-state index in [1.807, 2.05) is 13.0 Å². The molecular formula is C38H49F2N3O7S. The topological polar surface area (TPSA) is 123 Å². The van der Waals surface area contributed by atoms with Crippen molar-refractivity contribution in [2.24, 2.45) is 0 Å². The van der Waals surface area contributed by atoms with Crippen molar-refractivity contribution in [3.63, 3.8) is 0 Å². The predicted octanol–water partition coefficient (Wildman–Crippen LogP) is 7.29. The number of hydrogen-bond acceptors (Lipinski definition) is 7. The fourth-order valence-corrected chi connectivity index (χ4v) is 7.56. The van der Waals surface area contributed by atoms with E-state index in [-0.39, 0.29) is 48.7 Å². The third kappa shape index (κ3) is 10.1. The van der Waals surface area contributed by atoms with Crippen LogP contribution in [0.25, 0.3) is 10.8 Å². The smallest absolute Gasteiger partial charge is 0.407 e. The molecule has 1 heterocycles. The van der Waals surface area contributed by atoms with Crippen LogP contribution in [0.1, 0.15) is 84.6 Å². The minimum atomic E-state index is -4.64. The summed E-state index contributed by atoms with van der Waals surface area (Å²) >= 11 is 0. The number of nitrogens with one attached hydrogen (secondary N) is 2. The van der Waals surface area contributed by atoms with E-state index < -0.39 is 45.2 Å². The molecule has 2 fully saturated rings. The van der Waals surface area contributed by atoms with Crippen molar-refractivity contribution in [2.45, 2.75) is 114 Å². The standard InChI is InChI=1S/C38H49F2N3O7S/c1-5-6-22-48-31-13-9-10-28(25-31)38(39,40)34(35(44)43-20-18-29(19-21-43)41-36(45)50-37(2,3)4)42-51(46,47)33-17-15-26-23-32(16-14-27(26)24-33)49-30-11-7-8-12-30/h9-10,13-17,23-25,29-30,34,42H,5-8,11-12,18-22H2,1-4H3,(H,41,45). The van der Waals surface area contributed by atoms with E-state index in [2.05, 4.69) is 10.0 Å². The van der Waals surface area contributed by atoms with E-state index in [1.54, 1.807) is 39.0 Å². The fourth-order valence-electron chi connectivity index (χ4n) is 6.34. The lowest BCUT2D eigenvalue weighted by Gasteiger charge is -2.36. The maximum Gasteiger partial charge on any atom is 0.407 e. The Labute approximate surface area is 299 Å². The summed E-state index contributed by atoms with van der Waals surface area (Å²) in [4.78, 5) is 27.2. The van der Waals surface area contributed by atoms with Gasteiger partial charge >= 0.3 is 6.09 Å². The lowest BCUT2D eigenvalue weighted by Crippen LogP contribution is -2.58. The molecule has 1 aliphatic carbocycles. The number of benzene rings is 3. The molecule has 5 rings (SSSR count). The largest absolute Gasteiger partial charge is 0.494 e. The Morgan fingerprint density at radius 2 is 1.61 bits per heavy atom. The molecule has 1 saturated heterocycles. The lowest BCUT2D eigenvalue weighted by molar-refractivity contribution is -0.145. The van der Waals surface area contributed by atoms with Gasteiger partial charge in [0, 0.05) is 24.7 Å². The zero-order valence-corrected chi connectivity index (χ0v) is 30.6. The Morgan fingerprint density at radius 3 is 2.29 bits per heavy atom. The molecule has 1 saturated carbocycles. The highest BCUT2D eigenvalue weighted by Crippen LogP contribution is 2.36. The third-order valence-corrected chi connectivity index (χ3v) is 10.5. The highest BCUT2D eigenvalue weighted by atomic mass is 32.2. The first kappa shape index (κ1) is 38.3. The number of amides is 2. The number of likely N-dealkylation sites (tertiary alicyclic amines) is 1. The van der Waals surface area contributed by atoms with Gasteiger partial charge in [-0.1, -0.05) is 37.6 Å². The Balaban J connectivity index is 1.38. The van der Waals surface area contributed by atoms with Gasteiger partial charge in [-0.2, -0.15) is 13.5 Å². The van der Waals surface area contributed by atoms with Crippen molar-refractivity contribution in [1.29, 1.82) is 0 Å². The Kier molecular flexibility index (Phi) is 12.1. The number of alkyl carbamates (subject to hydrolysis) is 1. The maximum atomic E-state index is 16.6. The normalized spacial score (nSPS) is 16.9. The Bertz CT molecular complexity index is 1780. The average molecular weight is 730 g/mol. The molecule has 10 nitrogen and oxygen atoms in total. The van der Waals surface area contributed by atoms with Gasteiger partial charge in [0.2, 0.25) is 15.9 Å². The van der Waals surface area contributed by atoms with Gasteiger partial charge in [-0.3, -0.25) is 4.79 Å². The van der Waals surface area contributed by atoms with Crippen molar-refractivity contribution in [2.75, 3.05) is 19.7 Å². The molecule has 51 heavy (non-hydrogen) atoms. The molecule has 278 valence electrons. The molecule has 3 aromatic carbocycles. The number of halogens is 2. The first-order valence-corrected chi connectivity index (χ1v) is 19.3. The highest BCUT2D eigenvalue weighted by molar-refractivity contribution is 7.89. The number of hydrogen-bond donors (Lipinski definition) is 2. The molecule has 2 aliphatic rings. The number of fused-ring (bicyclic) bond motifs is 1. The molecule has 0 bridgehead atoms. The fraction of sp³-hybridized carbons (Fsp3) is 0.526. The van der Waals surface area contributed by atoms with Crippen LogP contribution >= 0.6 is 0 Å². The maximum absolute atomic E-state index is 16.6.